The maximum Gasteiger partial charge on any atom is 0.273 e. The van der Waals surface area contributed by atoms with Gasteiger partial charge in [0, 0.05) is 19.0 Å². The zero-order chi connectivity index (χ0) is 16.4. The second-order valence-electron chi connectivity index (χ2n) is 4.03. The number of hydrogen-bond donors (Lipinski definition) is 2. The van der Waals surface area contributed by atoms with Crippen molar-refractivity contribution in [1.82, 2.24) is 4.90 Å². The molecule has 1 rings (SSSR count). The highest BCUT2D eigenvalue weighted by molar-refractivity contribution is 7.96. The summed E-state index contributed by atoms with van der Waals surface area (Å²) in [5.74, 6) is 0. The lowest BCUT2D eigenvalue weighted by Crippen LogP contribution is -2.27. The topological polar surface area (TPSA) is 98.7 Å². The number of ether oxygens (including phenoxy) is 1. The molecule has 0 saturated carbocycles. The van der Waals surface area contributed by atoms with Crippen LogP contribution in [0.3, 0.4) is 0 Å². The quantitative estimate of drug-likeness (QED) is 0.378. The minimum Gasteiger partial charge on any atom is -0.456 e. The van der Waals surface area contributed by atoms with Gasteiger partial charge in [-0.05, 0) is 17.8 Å². The highest BCUT2D eigenvalue weighted by atomic mass is 32.1. The van der Waals surface area contributed by atoms with Crippen LogP contribution in [0.4, 0.5) is 4.79 Å². The monoisotopic (exact) mass is 331 g/mol. The lowest BCUT2D eigenvalue weighted by Gasteiger charge is -2.20. The number of thiol groups is 1. The molecule has 0 aromatic heterocycles. The maximum absolute atomic E-state index is 10.6. The molecule has 116 valence electrons. The first kappa shape index (κ1) is 19.1. The number of rotatable bonds is 4. The number of nitrogens with two attached hydrogens (primary N) is 1. The fourth-order valence-electron chi connectivity index (χ4n) is 1.24. The first-order chi connectivity index (χ1) is 9.73. The first-order valence-corrected chi connectivity index (χ1v) is 6.62. The van der Waals surface area contributed by atoms with Crippen molar-refractivity contribution in [3.05, 3.63) is 46.0 Å². The third-order valence-corrected chi connectivity index (χ3v) is 2.56. The number of amides is 1. The predicted molar refractivity (Wildman–Crippen MR) is 87.0 cm³/mol. The van der Waals surface area contributed by atoms with Crippen LogP contribution in [0, 0.1) is 10.1 Å². The summed E-state index contributed by atoms with van der Waals surface area (Å²) < 4.78 is 5.42. The Morgan fingerprint density at radius 2 is 1.95 bits per heavy atom. The van der Waals surface area contributed by atoms with Crippen molar-refractivity contribution in [2.45, 2.75) is 6.10 Å². The predicted octanol–water partition coefficient (Wildman–Crippen LogP) is 1.86. The molecular formula is C12H17N3O4S2. The summed E-state index contributed by atoms with van der Waals surface area (Å²) in [5.41, 5.74) is 5.08. The molecule has 0 aliphatic heterocycles. The normalized spacial score (nSPS) is 10.6. The van der Waals surface area contributed by atoms with Gasteiger partial charge in [0.25, 0.3) is 10.4 Å². The summed E-state index contributed by atoms with van der Waals surface area (Å²) in [4.78, 5) is 20.9. The molecule has 1 unspecified atom stereocenters. The molecule has 21 heavy (non-hydrogen) atoms. The van der Waals surface area contributed by atoms with E-state index in [1.54, 1.807) is 31.1 Å². The highest BCUT2D eigenvalue weighted by Gasteiger charge is 2.21. The number of carbonyl (C=O) groups is 1. The Bertz CT molecular complexity index is 479. The molecule has 1 atom stereocenters. The second-order valence-corrected chi connectivity index (χ2v) is 4.82. The van der Waals surface area contributed by atoms with Crippen molar-refractivity contribution >= 4 is 35.3 Å². The molecule has 2 N–H and O–H groups in total. The van der Waals surface area contributed by atoms with Crippen molar-refractivity contribution in [2.24, 2.45) is 5.73 Å². The van der Waals surface area contributed by atoms with Crippen LogP contribution in [-0.4, -0.2) is 40.9 Å². The third-order valence-electron chi connectivity index (χ3n) is 2.09. The van der Waals surface area contributed by atoms with Crippen LogP contribution in [0.15, 0.2) is 30.3 Å². The summed E-state index contributed by atoms with van der Waals surface area (Å²) in [6.07, 6.45) is -0.652. The summed E-state index contributed by atoms with van der Waals surface area (Å²) in [6, 6.07) is 9.03. The summed E-state index contributed by atoms with van der Waals surface area (Å²) >= 11 is 8.09. The van der Waals surface area contributed by atoms with E-state index in [1.165, 1.54) is 0 Å². The number of hydrogen-bond acceptors (Lipinski definition) is 5. The van der Waals surface area contributed by atoms with Gasteiger partial charge in [-0.1, -0.05) is 43.0 Å². The molecular weight excluding hydrogens is 314 g/mol. The van der Waals surface area contributed by atoms with Crippen LogP contribution in [0.25, 0.3) is 0 Å². The number of thiocarbonyl (C=S) groups is 1. The molecule has 1 aromatic carbocycles. The van der Waals surface area contributed by atoms with Crippen LogP contribution in [0.1, 0.15) is 11.7 Å². The van der Waals surface area contributed by atoms with Crippen LogP contribution < -0.4 is 5.73 Å². The molecule has 0 fully saturated rings. The SMILES string of the molecule is CN(C)C(=S)OC(C[N+](=O)[O-])c1ccccc1.NC(=O)S. The molecule has 9 heteroatoms. The number of carbonyl (C=O) groups excluding carboxylic acids is 1. The molecule has 0 heterocycles. The zero-order valence-corrected chi connectivity index (χ0v) is 13.3. The number of nitrogens with zero attached hydrogens (tertiary/aromatic N) is 2. The summed E-state index contributed by atoms with van der Waals surface area (Å²) in [5, 5.41) is 10.2. The van der Waals surface area contributed by atoms with Crippen molar-refractivity contribution in [1.29, 1.82) is 0 Å². The number of nitro groups is 1. The first-order valence-electron chi connectivity index (χ1n) is 5.77. The van der Waals surface area contributed by atoms with Gasteiger partial charge < -0.3 is 15.4 Å². The van der Waals surface area contributed by atoms with Gasteiger partial charge in [-0.3, -0.25) is 14.9 Å². The molecule has 7 nitrogen and oxygen atoms in total. The molecule has 0 spiro atoms. The Morgan fingerprint density at radius 3 is 2.33 bits per heavy atom. The Kier molecular flexibility index (Phi) is 9.06. The van der Waals surface area contributed by atoms with E-state index in [0.717, 1.165) is 5.56 Å². The van der Waals surface area contributed by atoms with E-state index in [4.69, 9.17) is 21.7 Å². The van der Waals surface area contributed by atoms with Gasteiger partial charge in [0.2, 0.25) is 6.54 Å². The average molecular weight is 331 g/mol. The molecule has 0 radical (unpaired) electrons. The van der Waals surface area contributed by atoms with E-state index in [-0.39, 0.29) is 11.7 Å². The molecule has 0 bridgehead atoms. The average Bonchev–Trinajstić information content (AvgIpc) is 2.37. The minimum absolute atomic E-state index is 0.237. The van der Waals surface area contributed by atoms with Gasteiger partial charge >= 0.3 is 0 Å². The molecule has 0 aliphatic rings. The summed E-state index contributed by atoms with van der Waals surface area (Å²) in [6.45, 7) is -0.308. The van der Waals surface area contributed by atoms with Crippen molar-refractivity contribution in [3.63, 3.8) is 0 Å². The molecule has 1 amide bonds. The minimum atomic E-state index is -0.652. The fraction of sp³-hybridized carbons (Fsp3) is 0.333. The van der Waals surface area contributed by atoms with Gasteiger partial charge in [-0.25, -0.2) is 0 Å². The Morgan fingerprint density at radius 1 is 1.48 bits per heavy atom. The Labute approximate surface area is 133 Å². The van der Waals surface area contributed by atoms with Gasteiger partial charge in [0.05, 0.1) is 0 Å². The molecule has 0 aliphatic carbocycles. The van der Waals surface area contributed by atoms with E-state index < -0.39 is 16.3 Å². The Balaban J connectivity index is 0.000000885. The lowest BCUT2D eigenvalue weighted by atomic mass is 10.1. The molecule has 0 saturated heterocycles. The van der Waals surface area contributed by atoms with Gasteiger partial charge in [0.15, 0.2) is 6.10 Å². The maximum atomic E-state index is 10.6. The largest absolute Gasteiger partial charge is 0.456 e. The second kappa shape index (κ2) is 9.94. The molecule has 1 aromatic rings. The highest BCUT2D eigenvalue weighted by Crippen LogP contribution is 2.18. The van der Waals surface area contributed by atoms with E-state index in [0.29, 0.717) is 0 Å². The van der Waals surface area contributed by atoms with Gasteiger partial charge in [-0.2, -0.15) is 0 Å². The lowest BCUT2D eigenvalue weighted by molar-refractivity contribution is -0.490. The van der Waals surface area contributed by atoms with E-state index >= 15 is 0 Å². The number of benzene rings is 1. The van der Waals surface area contributed by atoms with Crippen LogP contribution in [0.5, 0.6) is 0 Å². The van der Waals surface area contributed by atoms with E-state index in [9.17, 15) is 10.1 Å². The van der Waals surface area contributed by atoms with Crippen LogP contribution >= 0.6 is 24.8 Å². The van der Waals surface area contributed by atoms with E-state index in [2.05, 4.69) is 18.4 Å². The van der Waals surface area contributed by atoms with Crippen molar-refractivity contribution in [2.75, 3.05) is 20.6 Å². The Hall–Kier alpha value is -1.87. The van der Waals surface area contributed by atoms with Gasteiger partial charge in [0.1, 0.15) is 0 Å². The van der Waals surface area contributed by atoms with Crippen LogP contribution in [0.2, 0.25) is 0 Å². The summed E-state index contributed by atoms with van der Waals surface area (Å²) in [7, 11) is 3.47. The standard InChI is InChI=1S/C11H14N2O3S.CH3NOS/c1-12(2)11(17)16-10(8-13(14)15)9-6-4-3-5-7-9;2-1(3)4/h3-7,10H,8H2,1-2H3;(H3,2,3,4). The third kappa shape index (κ3) is 9.63. The van der Waals surface area contributed by atoms with Crippen molar-refractivity contribution in [3.8, 4) is 0 Å². The van der Waals surface area contributed by atoms with Crippen molar-refractivity contribution < 1.29 is 14.5 Å². The number of primary amides is 1. The smallest absolute Gasteiger partial charge is 0.273 e. The van der Waals surface area contributed by atoms with Crippen LogP contribution in [-0.2, 0) is 4.74 Å². The zero-order valence-electron chi connectivity index (χ0n) is 11.6. The van der Waals surface area contributed by atoms with E-state index in [1.807, 2.05) is 18.2 Å². The fourth-order valence-corrected chi connectivity index (χ4v) is 1.36. The van der Waals surface area contributed by atoms with Gasteiger partial charge in [-0.15, -0.1) is 0 Å².